The molecule has 0 aliphatic rings. The Morgan fingerprint density at radius 2 is 1.73 bits per heavy atom. The first-order chi connectivity index (χ1) is 7.11. The summed E-state index contributed by atoms with van der Waals surface area (Å²) in [7, 11) is 0. The van der Waals surface area contributed by atoms with Crippen LogP contribution in [-0.2, 0) is 4.79 Å². The molecule has 2 atom stereocenters. The van der Waals surface area contributed by atoms with E-state index in [1.165, 1.54) is 5.56 Å². The summed E-state index contributed by atoms with van der Waals surface area (Å²) in [6.07, 6.45) is 2.08. The molecule has 0 saturated heterocycles. The monoisotopic (exact) mass is 204 g/mol. The van der Waals surface area contributed by atoms with Crippen LogP contribution in [0.1, 0.15) is 45.1 Å². The Labute approximate surface area is 92.5 Å². The highest BCUT2D eigenvalue weighted by Gasteiger charge is 2.11. The maximum Gasteiger partial charge on any atom is 0.132 e. The second-order valence-electron chi connectivity index (χ2n) is 4.40. The van der Waals surface area contributed by atoms with Crippen molar-refractivity contribution in [2.75, 3.05) is 0 Å². The molecule has 0 aliphatic carbocycles. The van der Waals surface area contributed by atoms with Crippen LogP contribution in [-0.4, -0.2) is 5.78 Å². The van der Waals surface area contributed by atoms with Crippen LogP contribution in [0.25, 0.3) is 0 Å². The molecule has 0 aliphatic heterocycles. The van der Waals surface area contributed by atoms with Gasteiger partial charge >= 0.3 is 0 Å². The van der Waals surface area contributed by atoms with Crippen molar-refractivity contribution in [2.45, 2.75) is 39.5 Å². The van der Waals surface area contributed by atoms with Gasteiger partial charge in [0.25, 0.3) is 0 Å². The van der Waals surface area contributed by atoms with Crippen molar-refractivity contribution in [3.63, 3.8) is 0 Å². The summed E-state index contributed by atoms with van der Waals surface area (Å²) in [4.78, 5) is 11.1. The highest BCUT2D eigenvalue weighted by molar-refractivity contribution is 5.77. The quantitative estimate of drug-likeness (QED) is 0.713. The van der Waals surface area contributed by atoms with Gasteiger partial charge in [-0.05, 0) is 31.2 Å². The topological polar surface area (TPSA) is 17.1 Å². The van der Waals surface area contributed by atoms with Gasteiger partial charge in [0, 0.05) is 5.92 Å². The van der Waals surface area contributed by atoms with Crippen LogP contribution in [0.15, 0.2) is 30.3 Å². The second-order valence-corrected chi connectivity index (χ2v) is 4.40. The summed E-state index contributed by atoms with van der Waals surface area (Å²) in [5.74, 6) is 1.06. The third kappa shape index (κ3) is 3.86. The summed E-state index contributed by atoms with van der Waals surface area (Å²) < 4.78 is 0. The standard InChI is InChI=1S/C14H20O/c1-11(13(3)15)9-10-12(2)14-7-5-4-6-8-14/h4-8,11-12H,9-10H2,1-3H3. The number of hydrogen-bond acceptors (Lipinski definition) is 1. The predicted molar refractivity (Wildman–Crippen MR) is 63.9 cm³/mol. The van der Waals surface area contributed by atoms with Crippen molar-refractivity contribution < 1.29 is 4.79 Å². The summed E-state index contributed by atoms with van der Waals surface area (Å²) in [6.45, 7) is 5.92. The maximum atomic E-state index is 11.1. The maximum absolute atomic E-state index is 11.1. The smallest absolute Gasteiger partial charge is 0.132 e. The van der Waals surface area contributed by atoms with Crippen molar-refractivity contribution in [2.24, 2.45) is 5.92 Å². The van der Waals surface area contributed by atoms with Crippen molar-refractivity contribution in [1.29, 1.82) is 0 Å². The van der Waals surface area contributed by atoms with Crippen LogP contribution in [0.5, 0.6) is 0 Å². The third-order valence-electron chi connectivity index (χ3n) is 3.10. The molecule has 0 fully saturated rings. The lowest BCUT2D eigenvalue weighted by Crippen LogP contribution is -2.07. The van der Waals surface area contributed by atoms with Gasteiger partial charge in [-0.2, -0.15) is 0 Å². The van der Waals surface area contributed by atoms with E-state index in [0.717, 1.165) is 12.8 Å². The molecule has 0 amide bonds. The predicted octanol–water partition coefficient (Wildman–Crippen LogP) is 3.80. The van der Waals surface area contributed by atoms with Crippen LogP contribution in [0.3, 0.4) is 0 Å². The van der Waals surface area contributed by atoms with Gasteiger partial charge in [0.1, 0.15) is 5.78 Å². The molecule has 0 spiro atoms. The molecule has 0 aromatic heterocycles. The molecule has 0 bridgehead atoms. The zero-order chi connectivity index (χ0) is 11.3. The summed E-state index contributed by atoms with van der Waals surface area (Å²) in [5.41, 5.74) is 1.37. The molecule has 82 valence electrons. The highest BCUT2D eigenvalue weighted by atomic mass is 16.1. The minimum atomic E-state index is 0.205. The van der Waals surface area contributed by atoms with E-state index < -0.39 is 0 Å². The number of carbonyl (C=O) groups is 1. The average Bonchev–Trinajstić information content (AvgIpc) is 2.26. The van der Waals surface area contributed by atoms with Crippen molar-refractivity contribution >= 4 is 5.78 Å². The zero-order valence-electron chi connectivity index (χ0n) is 9.86. The molecule has 2 unspecified atom stereocenters. The van der Waals surface area contributed by atoms with Gasteiger partial charge in [0.2, 0.25) is 0 Å². The summed E-state index contributed by atoms with van der Waals surface area (Å²) in [5, 5.41) is 0. The van der Waals surface area contributed by atoms with E-state index in [-0.39, 0.29) is 5.92 Å². The minimum Gasteiger partial charge on any atom is -0.300 e. The van der Waals surface area contributed by atoms with Crippen LogP contribution < -0.4 is 0 Å². The van der Waals surface area contributed by atoms with Crippen molar-refractivity contribution in [3.8, 4) is 0 Å². The number of carbonyl (C=O) groups excluding carboxylic acids is 1. The van der Waals surface area contributed by atoms with E-state index >= 15 is 0 Å². The fourth-order valence-corrected chi connectivity index (χ4v) is 1.65. The van der Waals surface area contributed by atoms with Crippen molar-refractivity contribution in [1.82, 2.24) is 0 Å². The first-order valence-electron chi connectivity index (χ1n) is 5.66. The SMILES string of the molecule is CC(=O)C(C)CCC(C)c1ccccc1. The minimum absolute atomic E-state index is 0.205. The van der Waals surface area contributed by atoms with E-state index in [0.29, 0.717) is 11.7 Å². The number of hydrogen-bond donors (Lipinski definition) is 0. The van der Waals surface area contributed by atoms with E-state index in [1.807, 2.05) is 13.0 Å². The largest absolute Gasteiger partial charge is 0.300 e. The Hall–Kier alpha value is -1.11. The molecule has 0 radical (unpaired) electrons. The Bertz CT molecular complexity index is 302. The van der Waals surface area contributed by atoms with E-state index in [9.17, 15) is 4.79 Å². The lowest BCUT2D eigenvalue weighted by molar-refractivity contribution is -0.120. The van der Waals surface area contributed by atoms with Crippen LogP contribution in [0.2, 0.25) is 0 Å². The lowest BCUT2D eigenvalue weighted by Gasteiger charge is -2.13. The van der Waals surface area contributed by atoms with E-state index in [1.54, 1.807) is 6.92 Å². The molecule has 1 aromatic carbocycles. The van der Waals surface area contributed by atoms with Gasteiger partial charge < -0.3 is 0 Å². The van der Waals surface area contributed by atoms with Gasteiger partial charge in [0.15, 0.2) is 0 Å². The van der Waals surface area contributed by atoms with Gasteiger partial charge in [-0.15, -0.1) is 0 Å². The molecule has 1 nitrogen and oxygen atoms in total. The third-order valence-corrected chi connectivity index (χ3v) is 3.10. The van der Waals surface area contributed by atoms with E-state index in [2.05, 4.69) is 31.2 Å². The highest BCUT2D eigenvalue weighted by Crippen LogP contribution is 2.22. The number of benzene rings is 1. The van der Waals surface area contributed by atoms with Gasteiger partial charge in [-0.3, -0.25) is 4.79 Å². The molecule has 0 N–H and O–H groups in total. The van der Waals surface area contributed by atoms with E-state index in [4.69, 9.17) is 0 Å². The van der Waals surface area contributed by atoms with Crippen LogP contribution in [0, 0.1) is 5.92 Å². The Kier molecular flexibility index (Phi) is 4.54. The van der Waals surface area contributed by atoms with Gasteiger partial charge in [-0.25, -0.2) is 0 Å². The number of ketones is 1. The summed E-state index contributed by atoms with van der Waals surface area (Å²) in [6, 6.07) is 10.5. The normalized spacial score (nSPS) is 14.6. The fourth-order valence-electron chi connectivity index (χ4n) is 1.65. The first kappa shape index (κ1) is 12.0. The Balaban J connectivity index is 2.43. The van der Waals surface area contributed by atoms with Gasteiger partial charge in [0.05, 0.1) is 0 Å². The summed E-state index contributed by atoms with van der Waals surface area (Å²) >= 11 is 0. The van der Waals surface area contributed by atoms with Gasteiger partial charge in [-0.1, -0.05) is 44.2 Å². The molecule has 1 rings (SSSR count). The molecule has 0 heterocycles. The Morgan fingerprint density at radius 3 is 2.27 bits per heavy atom. The molecule has 0 saturated carbocycles. The van der Waals surface area contributed by atoms with Crippen LogP contribution >= 0.6 is 0 Å². The first-order valence-corrected chi connectivity index (χ1v) is 5.66. The molecule has 15 heavy (non-hydrogen) atoms. The molecule has 1 heteroatoms. The molecular weight excluding hydrogens is 184 g/mol. The zero-order valence-corrected chi connectivity index (χ0v) is 9.86. The number of rotatable bonds is 5. The molecular formula is C14H20O. The van der Waals surface area contributed by atoms with Crippen LogP contribution in [0.4, 0.5) is 0 Å². The second kappa shape index (κ2) is 5.69. The number of Topliss-reactive ketones (excluding diaryl/α,β-unsaturated/α-hetero) is 1. The van der Waals surface area contributed by atoms with Crippen molar-refractivity contribution in [3.05, 3.63) is 35.9 Å². The average molecular weight is 204 g/mol. The lowest BCUT2D eigenvalue weighted by atomic mass is 9.91. The molecule has 1 aromatic rings. The fraction of sp³-hybridized carbons (Fsp3) is 0.500. The Morgan fingerprint density at radius 1 is 1.13 bits per heavy atom.